The molecule has 0 aromatic rings. The molecule has 0 bridgehead atoms. The maximum absolute atomic E-state index is 11.3. The third-order valence-corrected chi connectivity index (χ3v) is 2.38. The first-order valence-corrected chi connectivity index (χ1v) is 4.75. The number of methoxy groups -OCH3 is 1. The van der Waals surface area contributed by atoms with E-state index in [1.807, 2.05) is 0 Å². The number of hydrogen-bond acceptors (Lipinski definition) is 4. The monoisotopic (exact) mass is 200 g/mol. The molecule has 80 valence electrons. The van der Waals surface area contributed by atoms with Gasteiger partial charge in [-0.2, -0.15) is 0 Å². The summed E-state index contributed by atoms with van der Waals surface area (Å²) in [7, 11) is 1.29. The number of ether oxygens (including phenoxy) is 1. The van der Waals surface area contributed by atoms with E-state index < -0.39 is 6.09 Å². The second-order valence-electron chi connectivity index (χ2n) is 3.34. The number of imide groups is 1. The van der Waals surface area contributed by atoms with Crippen molar-refractivity contribution in [2.75, 3.05) is 20.2 Å². The Balaban J connectivity index is 2.65. The normalized spacial score (nSPS) is 17.6. The molecule has 1 saturated heterocycles. The number of nitrogens with zero attached hydrogens (tertiary/aromatic N) is 1. The van der Waals surface area contributed by atoms with Gasteiger partial charge in [-0.15, -0.1) is 0 Å². The van der Waals surface area contributed by atoms with Gasteiger partial charge in [-0.1, -0.05) is 0 Å². The first-order chi connectivity index (χ1) is 6.66. The molecule has 1 aliphatic rings. The van der Waals surface area contributed by atoms with Crippen LogP contribution in [0.2, 0.25) is 0 Å². The van der Waals surface area contributed by atoms with E-state index in [2.05, 4.69) is 10.1 Å². The molecule has 5 heteroatoms. The van der Waals surface area contributed by atoms with Crippen molar-refractivity contribution in [1.29, 1.82) is 0 Å². The van der Waals surface area contributed by atoms with Crippen molar-refractivity contribution in [2.24, 2.45) is 0 Å². The van der Waals surface area contributed by atoms with Crippen molar-refractivity contribution in [3.05, 3.63) is 0 Å². The number of piperidine rings is 1. The number of carbonyl (C=O) groups is 2. The van der Waals surface area contributed by atoms with Gasteiger partial charge >= 0.3 is 6.09 Å². The van der Waals surface area contributed by atoms with Crippen LogP contribution in [0.4, 0.5) is 4.79 Å². The van der Waals surface area contributed by atoms with Gasteiger partial charge in [-0.05, 0) is 25.9 Å². The van der Waals surface area contributed by atoms with Crippen LogP contribution >= 0.6 is 0 Å². The van der Waals surface area contributed by atoms with Crippen molar-refractivity contribution < 1.29 is 14.3 Å². The second-order valence-corrected chi connectivity index (χ2v) is 3.34. The van der Waals surface area contributed by atoms with E-state index in [9.17, 15) is 9.59 Å². The Kier molecular flexibility index (Phi) is 3.88. The largest absolute Gasteiger partial charge is 0.452 e. The average Bonchev–Trinajstić information content (AvgIpc) is 2.19. The van der Waals surface area contributed by atoms with Crippen LogP contribution in [-0.2, 0) is 9.53 Å². The summed E-state index contributed by atoms with van der Waals surface area (Å²) < 4.78 is 4.57. The van der Waals surface area contributed by atoms with E-state index in [0.29, 0.717) is 0 Å². The lowest BCUT2D eigenvalue weighted by molar-refractivity contribution is -0.129. The van der Waals surface area contributed by atoms with Crippen LogP contribution in [0.15, 0.2) is 0 Å². The minimum absolute atomic E-state index is 0.0128. The molecule has 1 aliphatic heterocycles. The molecule has 0 saturated carbocycles. The van der Waals surface area contributed by atoms with Gasteiger partial charge in [0.15, 0.2) is 0 Å². The van der Waals surface area contributed by atoms with Crippen LogP contribution in [-0.4, -0.2) is 43.1 Å². The Morgan fingerprint density at radius 2 is 1.93 bits per heavy atom. The lowest BCUT2D eigenvalue weighted by Gasteiger charge is -2.31. The molecule has 0 aliphatic carbocycles. The van der Waals surface area contributed by atoms with E-state index >= 15 is 0 Å². The third kappa shape index (κ3) is 2.45. The number of amides is 2. The Bertz CT molecular complexity index is 224. The summed E-state index contributed by atoms with van der Waals surface area (Å²) in [6.45, 7) is 3.07. The van der Waals surface area contributed by atoms with Gasteiger partial charge in [0.1, 0.15) is 0 Å². The van der Waals surface area contributed by atoms with Gasteiger partial charge in [-0.3, -0.25) is 4.79 Å². The zero-order chi connectivity index (χ0) is 10.6. The highest BCUT2D eigenvalue weighted by Crippen LogP contribution is 2.13. The Morgan fingerprint density at radius 1 is 1.36 bits per heavy atom. The standard InChI is InChI=1S/C9H16N2O3/c1-7(12)11(9(13)14-2)8-3-5-10-6-4-8/h8,10H,3-6H2,1-2H3. The van der Waals surface area contributed by atoms with Gasteiger partial charge in [0, 0.05) is 13.0 Å². The van der Waals surface area contributed by atoms with E-state index in [1.165, 1.54) is 18.9 Å². The molecule has 2 amide bonds. The van der Waals surface area contributed by atoms with Crippen LogP contribution in [0.5, 0.6) is 0 Å². The number of hydrogen-bond donors (Lipinski definition) is 1. The molecule has 14 heavy (non-hydrogen) atoms. The topological polar surface area (TPSA) is 58.6 Å². The van der Waals surface area contributed by atoms with Gasteiger partial charge < -0.3 is 10.1 Å². The highest BCUT2D eigenvalue weighted by atomic mass is 16.5. The highest BCUT2D eigenvalue weighted by Gasteiger charge is 2.28. The Labute approximate surface area is 83.4 Å². The summed E-state index contributed by atoms with van der Waals surface area (Å²) in [5.74, 6) is -0.247. The van der Waals surface area contributed by atoms with E-state index in [1.54, 1.807) is 0 Å². The van der Waals surface area contributed by atoms with Crippen molar-refractivity contribution in [3.63, 3.8) is 0 Å². The molecule has 0 aromatic heterocycles. The fourth-order valence-corrected chi connectivity index (χ4v) is 1.70. The maximum atomic E-state index is 11.3. The molecular formula is C9H16N2O3. The van der Waals surface area contributed by atoms with Crippen LogP contribution in [0, 0.1) is 0 Å². The smallest absolute Gasteiger partial charge is 0.416 e. The molecule has 0 atom stereocenters. The highest BCUT2D eigenvalue weighted by molar-refractivity contribution is 5.90. The first kappa shape index (κ1) is 11.0. The fourth-order valence-electron chi connectivity index (χ4n) is 1.70. The van der Waals surface area contributed by atoms with Crippen LogP contribution < -0.4 is 5.32 Å². The predicted molar refractivity (Wildman–Crippen MR) is 50.8 cm³/mol. The molecular weight excluding hydrogens is 184 g/mol. The van der Waals surface area contributed by atoms with Crippen LogP contribution in [0.1, 0.15) is 19.8 Å². The lowest BCUT2D eigenvalue weighted by Crippen LogP contribution is -2.48. The summed E-state index contributed by atoms with van der Waals surface area (Å²) in [6, 6.07) is -0.0128. The summed E-state index contributed by atoms with van der Waals surface area (Å²) in [5, 5.41) is 3.18. The van der Waals surface area contributed by atoms with Crippen molar-refractivity contribution in [3.8, 4) is 0 Å². The van der Waals surface area contributed by atoms with Gasteiger partial charge in [0.05, 0.1) is 7.11 Å². The maximum Gasteiger partial charge on any atom is 0.416 e. The Morgan fingerprint density at radius 3 is 2.36 bits per heavy atom. The van der Waals surface area contributed by atoms with Gasteiger partial charge in [0.25, 0.3) is 0 Å². The molecule has 1 rings (SSSR count). The molecule has 0 spiro atoms. The van der Waals surface area contributed by atoms with Crippen LogP contribution in [0.3, 0.4) is 0 Å². The third-order valence-electron chi connectivity index (χ3n) is 2.38. The van der Waals surface area contributed by atoms with Gasteiger partial charge in [0.2, 0.25) is 5.91 Å². The Hall–Kier alpha value is -1.10. The number of carbonyl (C=O) groups excluding carboxylic acids is 2. The average molecular weight is 200 g/mol. The predicted octanol–water partition coefficient (Wildman–Crippen LogP) is 0.353. The molecule has 0 unspecified atom stereocenters. The van der Waals surface area contributed by atoms with Gasteiger partial charge in [-0.25, -0.2) is 9.69 Å². The van der Waals surface area contributed by atoms with E-state index in [-0.39, 0.29) is 11.9 Å². The molecule has 1 heterocycles. The minimum atomic E-state index is -0.551. The quantitative estimate of drug-likeness (QED) is 0.663. The van der Waals surface area contributed by atoms with Crippen LogP contribution in [0.25, 0.3) is 0 Å². The molecule has 1 N–H and O–H groups in total. The summed E-state index contributed by atoms with van der Waals surface area (Å²) in [5.41, 5.74) is 0. The lowest BCUT2D eigenvalue weighted by atomic mass is 10.1. The molecule has 1 fully saturated rings. The fraction of sp³-hybridized carbons (Fsp3) is 0.778. The van der Waals surface area contributed by atoms with E-state index in [4.69, 9.17) is 0 Å². The first-order valence-electron chi connectivity index (χ1n) is 4.75. The number of rotatable bonds is 1. The molecule has 0 radical (unpaired) electrons. The SMILES string of the molecule is COC(=O)N(C(C)=O)C1CCNCC1. The second kappa shape index (κ2) is 4.95. The van der Waals surface area contributed by atoms with Crippen molar-refractivity contribution >= 4 is 12.0 Å². The zero-order valence-corrected chi connectivity index (χ0v) is 8.58. The summed E-state index contributed by atoms with van der Waals surface area (Å²) >= 11 is 0. The summed E-state index contributed by atoms with van der Waals surface area (Å²) in [4.78, 5) is 23.8. The zero-order valence-electron chi connectivity index (χ0n) is 8.58. The van der Waals surface area contributed by atoms with Crippen molar-refractivity contribution in [1.82, 2.24) is 10.2 Å². The molecule has 0 aromatic carbocycles. The number of nitrogens with one attached hydrogen (secondary N) is 1. The molecule has 5 nitrogen and oxygen atoms in total. The summed E-state index contributed by atoms with van der Waals surface area (Å²) in [6.07, 6.45) is 1.05. The minimum Gasteiger partial charge on any atom is -0.452 e. The van der Waals surface area contributed by atoms with Crippen molar-refractivity contribution in [2.45, 2.75) is 25.8 Å². The van der Waals surface area contributed by atoms with E-state index in [0.717, 1.165) is 25.9 Å².